The summed E-state index contributed by atoms with van der Waals surface area (Å²) in [4.78, 5) is 138. The van der Waals surface area contributed by atoms with Gasteiger partial charge in [0.25, 0.3) is 0 Å². The number of nitrogens with zero attached hydrogens (tertiary/aromatic N) is 2. The Morgan fingerprint density at radius 3 is 1.85 bits per heavy atom. The lowest BCUT2D eigenvalue weighted by Crippen LogP contribution is -2.48. The number of phenolic OH excluding ortho intramolecular Hbond substituents is 1. The highest BCUT2D eigenvalue weighted by Gasteiger charge is 2.61. The van der Waals surface area contributed by atoms with E-state index in [2.05, 4.69) is 21.9 Å². The van der Waals surface area contributed by atoms with Crippen molar-refractivity contribution >= 4 is 77.4 Å². The highest BCUT2D eigenvalue weighted by Crippen LogP contribution is 2.58. The molecular formula is C66H79BrN2O23P+. The number of likely N-dealkylation sites (tertiary alicyclic amines) is 1. The number of terminal acetylenes is 1. The summed E-state index contributed by atoms with van der Waals surface area (Å²) in [6.07, 6.45) is 6.31. The third kappa shape index (κ3) is 15.4. The van der Waals surface area contributed by atoms with Crippen LogP contribution < -0.4 is 9.47 Å². The molecule has 0 radical (unpaired) electrons. The monoisotopic (exact) mass is 1380 g/mol. The van der Waals surface area contributed by atoms with Crippen LogP contribution in [-0.2, 0) is 90.7 Å². The number of phenols is 1. The average Bonchev–Trinajstić information content (AvgIpc) is 1.64. The lowest BCUT2D eigenvalue weighted by Gasteiger charge is -2.41. The Hall–Kier alpha value is -7.50. The smallest absolute Gasteiger partial charge is 0.472 e. The number of rotatable bonds is 28. The molecule has 502 valence electrons. The van der Waals surface area contributed by atoms with E-state index in [4.69, 9.17) is 58.1 Å². The summed E-state index contributed by atoms with van der Waals surface area (Å²) in [5, 5.41) is 10.5. The molecule has 8 rings (SSSR count). The van der Waals surface area contributed by atoms with Gasteiger partial charge in [0.2, 0.25) is 11.8 Å². The van der Waals surface area contributed by atoms with E-state index in [1.165, 1.54) is 65.8 Å². The molecule has 2 fully saturated rings. The first-order chi connectivity index (χ1) is 43.2. The van der Waals surface area contributed by atoms with Crippen molar-refractivity contribution in [3.05, 3.63) is 95.1 Å². The molecule has 0 aromatic heterocycles. The lowest BCUT2D eigenvalue weighted by molar-refractivity contribution is -0.870. The maximum absolute atomic E-state index is 14.9. The maximum Gasteiger partial charge on any atom is 0.472 e. The van der Waals surface area contributed by atoms with Gasteiger partial charge in [0, 0.05) is 28.8 Å². The van der Waals surface area contributed by atoms with Crippen LogP contribution in [0.15, 0.2) is 72.8 Å². The number of hydrogen-bond acceptors (Lipinski definition) is 22. The number of phosphoric ester groups is 1. The number of carbonyl (C=O) groups excluding carboxylic acids is 9. The van der Waals surface area contributed by atoms with Crippen molar-refractivity contribution in [2.24, 2.45) is 38.9 Å². The number of amides is 2. The predicted octanol–water partition coefficient (Wildman–Crippen LogP) is 7.41. The quantitative estimate of drug-likeness (QED) is 0.00683. The van der Waals surface area contributed by atoms with Crippen LogP contribution in [0.3, 0.4) is 0 Å². The van der Waals surface area contributed by atoms with Crippen LogP contribution in [0.1, 0.15) is 109 Å². The second-order valence-electron chi connectivity index (χ2n) is 27.7. The molecule has 0 saturated carbocycles. The van der Waals surface area contributed by atoms with Gasteiger partial charge in [-0.1, -0.05) is 52.2 Å². The van der Waals surface area contributed by atoms with E-state index in [1.54, 1.807) is 69.3 Å². The standard InChI is InChI=1S/C66H78BrN2O23P/c1-14-27-82-57(77)63(8,36-65(10,67)59(79)89-40-20-22-44-48(33-40)91-47-32-39(70)19-21-43(47)66(44)42-18-16-15-17-41(42)53(73)92-66)35-62(7,56(76)84-30-31-88-93(80,81)87-29-26-69(11,12)13)34-61(5,6)55(75)86-38-64(9,37-85-54(74)60(2,3)4)58(78)83-28-25-68-51(71)49-45-23-24-46(90-45)50(49)52(68)72/h1,15-24,32-33,45-46,49-50H,25-31,34-38H2,2-13H3,(H-,70,80,81)/p+1. The molecule has 5 aliphatic heterocycles. The van der Waals surface area contributed by atoms with Gasteiger partial charge in [0.1, 0.15) is 72.3 Å². The second kappa shape index (κ2) is 26.7. The Balaban J connectivity index is 1.04. The van der Waals surface area contributed by atoms with Crippen LogP contribution in [0.5, 0.6) is 23.0 Å². The highest BCUT2D eigenvalue weighted by molar-refractivity contribution is 9.10. The number of hydrogen-bond donors (Lipinski definition) is 2. The Morgan fingerprint density at radius 2 is 1.23 bits per heavy atom. The number of quaternary nitrogens is 1. The maximum atomic E-state index is 14.9. The first-order valence-electron chi connectivity index (χ1n) is 30.0. The highest BCUT2D eigenvalue weighted by atomic mass is 79.9. The minimum absolute atomic E-state index is 0.0755. The summed E-state index contributed by atoms with van der Waals surface area (Å²) >= 11 is 3.50. The number of fused-ring (bicyclic) bond motifs is 11. The number of alkyl halides is 1. The summed E-state index contributed by atoms with van der Waals surface area (Å²) in [7, 11) is 0.856. The SMILES string of the molecule is C#CCOC(=O)C(C)(CC(C)(Br)C(=O)Oc1ccc2c(c1)Oc1cc(O)ccc1C21OC(=O)c2ccccc21)CC(C)(CC(C)(C)C(=O)OCC(C)(COC(=O)C(C)(C)C)C(=O)OCCN1C(=O)C2C3C=CC(O3)C2C1=O)C(=O)OCCOP(=O)(O)OCC[N+](C)(C)C. The molecule has 1 spiro atoms. The third-order valence-corrected chi connectivity index (χ3v) is 18.4. The molecule has 3 aromatic carbocycles. The zero-order chi connectivity index (χ0) is 68.7. The van der Waals surface area contributed by atoms with Gasteiger partial charge in [-0.2, -0.15) is 0 Å². The van der Waals surface area contributed by atoms with Gasteiger partial charge in [-0.05, 0) is 112 Å². The Labute approximate surface area is 547 Å². The van der Waals surface area contributed by atoms with Crippen LogP contribution >= 0.6 is 23.8 Å². The van der Waals surface area contributed by atoms with E-state index < -0.39 is 181 Å². The van der Waals surface area contributed by atoms with Crippen molar-refractivity contribution in [1.82, 2.24) is 4.90 Å². The lowest BCUT2D eigenvalue weighted by atomic mass is 9.64. The van der Waals surface area contributed by atoms with Gasteiger partial charge in [-0.25, -0.2) is 9.36 Å². The van der Waals surface area contributed by atoms with Gasteiger partial charge in [0.15, 0.2) is 12.2 Å². The van der Waals surface area contributed by atoms with E-state index in [0.717, 1.165) is 4.90 Å². The van der Waals surface area contributed by atoms with E-state index in [1.807, 2.05) is 21.1 Å². The van der Waals surface area contributed by atoms with Gasteiger partial charge in [-0.15, -0.1) is 6.42 Å². The van der Waals surface area contributed by atoms with Crippen molar-refractivity contribution in [2.75, 3.05) is 80.5 Å². The van der Waals surface area contributed by atoms with Gasteiger partial charge in [-0.3, -0.25) is 52.3 Å². The summed E-state index contributed by atoms with van der Waals surface area (Å²) in [6.45, 7) is 9.12. The fraction of sp³-hybridized carbons (Fsp3) is 0.530. The van der Waals surface area contributed by atoms with Crippen LogP contribution in [0.2, 0.25) is 0 Å². The number of benzene rings is 3. The minimum Gasteiger partial charge on any atom is -0.508 e. The van der Waals surface area contributed by atoms with Crippen molar-refractivity contribution in [2.45, 2.75) is 104 Å². The summed E-state index contributed by atoms with van der Waals surface area (Å²) in [6, 6.07) is 15.5. The topological polar surface area (TPSA) is 316 Å². The van der Waals surface area contributed by atoms with Crippen LogP contribution in [0.4, 0.5) is 0 Å². The molecule has 2 amide bonds. The largest absolute Gasteiger partial charge is 0.508 e. The number of ether oxygens (including phenoxy) is 9. The van der Waals surface area contributed by atoms with Gasteiger partial charge in [0.05, 0.1) is 85.6 Å². The molecule has 10 unspecified atom stereocenters. The predicted molar refractivity (Wildman–Crippen MR) is 330 cm³/mol. The first-order valence-corrected chi connectivity index (χ1v) is 32.3. The van der Waals surface area contributed by atoms with Crippen molar-refractivity contribution in [3.63, 3.8) is 0 Å². The van der Waals surface area contributed by atoms with Gasteiger partial charge < -0.3 is 57.1 Å². The Morgan fingerprint density at radius 1 is 0.667 bits per heavy atom. The number of likely N-dealkylation sites (N-methyl/N-ethyl adjacent to an activating group) is 1. The van der Waals surface area contributed by atoms with Crippen LogP contribution in [0, 0.1) is 51.3 Å². The zero-order valence-corrected chi connectivity index (χ0v) is 56.5. The molecule has 10 atom stereocenters. The molecule has 3 aromatic rings. The van der Waals surface area contributed by atoms with Crippen LogP contribution in [-0.4, -0.2) is 170 Å². The van der Waals surface area contributed by atoms with Crippen molar-refractivity contribution in [3.8, 4) is 35.3 Å². The van der Waals surface area contributed by atoms with E-state index in [0.29, 0.717) is 33.3 Å². The molecule has 5 aliphatic rings. The normalized spacial score (nSPS) is 22.5. The molecule has 25 nitrogen and oxygen atoms in total. The van der Waals surface area contributed by atoms with E-state index >= 15 is 0 Å². The number of aromatic hydroxyl groups is 1. The fourth-order valence-electron chi connectivity index (χ4n) is 12.3. The molecule has 93 heavy (non-hydrogen) atoms. The third-order valence-electron chi connectivity index (χ3n) is 16.8. The Bertz CT molecular complexity index is 3590. The van der Waals surface area contributed by atoms with E-state index in [9.17, 15) is 57.7 Å². The van der Waals surface area contributed by atoms with Crippen molar-refractivity contribution < 1.29 is 114 Å². The average molecular weight is 1380 g/mol. The molecular weight excluding hydrogens is 1300 g/mol. The molecule has 0 aliphatic carbocycles. The molecule has 2 saturated heterocycles. The summed E-state index contributed by atoms with van der Waals surface area (Å²) in [5.41, 5.74) is -8.60. The molecule has 2 N–H and O–H groups in total. The first kappa shape index (κ1) is 71.4. The van der Waals surface area contributed by atoms with E-state index in [-0.39, 0.29) is 36.1 Å². The van der Waals surface area contributed by atoms with Gasteiger partial charge >= 0.3 is 49.6 Å². The van der Waals surface area contributed by atoms with Crippen LogP contribution in [0.25, 0.3) is 0 Å². The molecule has 2 bridgehead atoms. The summed E-state index contributed by atoms with van der Waals surface area (Å²) in [5.74, 6) is -6.54. The number of esters is 7. The minimum atomic E-state index is -4.67. The fourth-order valence-corrected chi connectivity index (χ4v) is 13.7. The summed E-state index contributed by atoms with van der Waals surface area (Å²) < 4.78 is 74.2. The second-order valence-corrected chi connectivity index (χ2v) is 30.9. The number of carbonyl (C=O) groups is 9. The molecule has 5 heterocycles. The molecule has 27 heteroatoms. The number of halogens is 1. The number of phosphoric acid groups is 1. The van der Waals surface area contributed by atoms with Crippen molar-refractivity contribution in [1.29, 1.82) is 0 Å². The zero-order valence-electron chi connectivity index (χ0n) is 54.0. The Kier molecular flexibility index (Phi) is 20.5. The number of imide groups is 1.